The molecular weight excluding hydrogens is 420 g/mol. The third kappa shape index (κ3) is 6.93. The van der Waals surface area contributed by atoms with E-state index >= 15 is 0 Å². The lowest BCUT2D eigenvalue weighted by Gasteiger charge is -2.37. The van der Waals surface area contributed by atoms with Crippen LogP contribution >= 0.6 is 0 Å². The van der Waals surface area contributed by atoms with Crippen LogP contribution in [0.4, 0.5) is 4.79 Å². The molecule has 0 atom stereocenters. The molecule has 1 aromatic rings. The maximum Gasteiger partial charge on any atom is 0.410 e. The Hall–Kier alpha value is -1.64. The number of carbonyl (C=O) groups excluding carboxylic acids is 1. The van der Waals surface area contributed by atoms with E-state index in [0.717, 1.165) is 45.7 Å². The third-order valence-corrected chi connectivity index (χ3v) is 6.90. The molecule has 1 fully saturated rings. The summed E-state index contributed by atoms with van der Waals surface area (Å²) in [4.78, 5) is 16.2. The van der Waals surface area contributed by atoms with Crippen LogP contribution in [0.15, 0.2) is 0 Å². The number of nitrogens with zero attached hydrogens (tertiary/aromatic N) is 4. The van der Waals surface area contributed by atoms with Crippen molar-refractivity contribution < 1.29 is 19.0 Å². The second-order valence-electron chi connectivity index (χ2n) is 11.2. The van der Waals surface area contributed by atoms with Crippen LogP contribution in [0.25, 0.3) is 0 Å². The molecule has 1 aliphatic carbocycles. The number of amides is 1. The number of ether oxygens (including phenoxy) is 3. The Bertz CT molecular complexity index is 793. The van der Waals surface area contributed by atoms with Gasteiger partial charge in [0.15, 0.2) is 0 Å². The Balaban J connectivity index is 1.65. The molecular formula is C25H44N4O4. The van der Waals surface area contributed by atoms with Crippen LogP contribution in [-0.4, -0.2) is 78.8 Å². The first kappa shape index (κ1) is 26.0. The summed E-state index contributed by atoms with van der Waals surface area (Å²) in [5.74, 6) is 0.521. The minimum atomic E-state index is -0.483. The van der Waals surface area contributed by atoms with Crippen LogP contribution in [-0.2, 0) is 33.9 Å². The molecule has 0 radical (unpaired) electrons. The first-order valence-electron chi connectivity index (χ1n) is 12.3. The lowest BCUT2D eigenvalue weighted by Crippen LogP contribution is -2.38. The summed E-state index contributed by atoms with van der Waals surface area (Å²) in [5, 5.41) is 5.01. The van der Waals surface area contributed by atoms with E-state index in [9.17, 15) is 4.79 Å². The zero-order valence-corrected chi connectivity index (χ0v) is 21.8. The van der Waals surface area contributed by atoms with Crippen molar-refractivity contribution in [3.8, 4) is 0 Å². The average Bonchev–Trinajstić information content (AvgIpc) is 3.09. The van der Waals surface area contributed by atoms with Crippen molar-refractivity contribution in [1.29, 1.82) is 0 Å². The predicted octanol–water partition coefficient (Wildman–Crippen LogP) is 4.02. The first-order valence-corrected chi connectivity index (χ1v) is 12.3. The van der Waals surface area contributed by atoms with Gasteiger partial charge in [-0.2, -0.15) is 5.10 Å². The van der Waals surface area contributed by atoms with Gasteiger partial charge in [-0.1, -0.05) is 6.92 Å². The molecule has 0 saturated heterocycles. The van der Waals surface area contributed by atoms with Crippen molar-refractivity contribution in [3.05, 3.63) is 17.0 Å². The van der Waals surface area contributed by atoms with E-state index in [1.165, 1.54) is 29.8 Å². The van der Waals surface area contributed by atoms with Crippen LogP contribution < -0.4 is 0 Å². The summed E-state index contributed by atoms with van der Waals surface area (Å²) in [6.07, 6.45) is 4.39. The molecule has 1 aromatic heterocycles. The molecule has 1 amide bonds. The molecule has 1 aliphatic heterocycles. The lowest BCUT2D eigenvalue weighted by atomic mass is 9.70. The third-order valence-electron chi connectivity index (χ3n) is 6.90. The second kappa shape index (κ2) is 10.7. The predicted molar refractivity (Wildman–Crippen MR) is 128 cm³/mol. The zero-order chi connectivity index (χ0) is 24.2. The maximum atomic E-state index is 12.3. The van der Waals surface area contributed by atoms with Gasteiger partial charge in [0.2, 0.25) is 0 Å². The van der Waals surface area contributed by atoms with Gasteiger partial charge in [-0.15, -0.1) is 0 Å². The van der Waals surface area contributed by atoms with Crippen LogP contribution in [0.5, 0.6) is 0 Å². The van der Waals surface area contributed by atoms with Crippen molar-refractivity contribution in [3.63, 3.8) is 0 Å². The molecule has 0 unspecified atom stereocenters. The van der Waals surface area contributed by atoms with Gasteiger partial charge in [-0.25, -0.2) is 4.79 Å². The van der Waals surface area contributed by atoms with Crippen molar-refractivity contribution in [2.24, 2.45) is 5.41 Å². The molecule has 0 N–H and O–H groups in total. The minimum absolute atomic E-state index is 0.276. The zero-order valence-electron chi connectivity index (χ0n) is 21.8. The van der Waals surface area contributed by atoms with E-state index < -0.39 is 5.60 Å². The smallest absolute Gasteiger partial charge is 0.410 e. The summed E-state index contributed by atoms with van der Waals surface area (Å²) in [7, 11) is 5.69. The summed E-state index contributed by atoms with van der Waals surface area (Å²) < 4.78 is 18.9. The van der Waals surface area contributed by atoms with Gasteiger partial charge in [0.1, 0.15) is 5.60 Å². The first-order chi connectivity index (χ1) is 15.5. The highest BCUT2D eigenvalue weighted by Gasteiger charge is 2.35. The number of rotatable bonds is 8. The quantitative estimate of drug-likeness (QED) is 0.579. The number of hydrogen-bond acceptors (Lipinski definition) is 6. The average molecular weight is 465 g/mol. The molecule has 3 rings (SSSR count). The topological polar surface area (TPSA) is 69.1 Å². The minimum Gasteiger partial charge on any atom is -0.444 e. The molecule has 188 valence electrons. The van der Waals surface area contributed by atoms with Gasteiger partial charge in [0.05, 0.1) is 37.8 Å². The highest BCUT2D eigenvalue weighted by molar-refractivity contribution is 5.67. The number of likely N-dealkylation sites (N-methyl/N-ethyl adjacent to an activating group) is 2. The molecule has 2 heterocycles. The van der Waals surface area contributed by atoms with E-state index in [1.807, 2.05) is 20.8 Å². The number of carbonyl (C=O) groups is 1. The fourth-order valence-electron chi connectivity index (χ4n) is 4.99. The fraction of sp³-hybridized carbons (Fsp3) is 0.840. The highest BCUT2D eigenvalue weighted by Crippen LogP contribution is 2.45. The van der Waals surface area contributed by atoms with Crippen molar-refractivity contribution in [2.75, 3.05) is 47.5 Å². The lowest BCUT2D eigenvalue weighted by molar-refractivity contribution is 0.0286. The van der Waals surface area contributed by atoms with Crippen LogP contribution in [0.2, 0.25) is 0 Å². The normalized spacial score (nSPS) is 23.5. The maximum absolute atomic E-state index is 12.3. The van der Waals surface area contributed by atoms with Crippen LogP contribution in [0.3, 0.4) is 0 Å². The van der Waals surface area contributed by atoms with E-state index in [2.05, 4.69) is 23.6 Å². The van der Waals surface area contributed by atoms with Gasteiger partial charge >= 0.3 is 6.09 Å². The standard InChI is InChI=1S/C25H44N4O4/c1-24(2,3)33-23(30)28(6)13-12-27(5)16-20-22(21-17-32-15-14-29(21)26-20)19-8-10-25(4,11-9-19)18-31-7/h19H,8-18H2,1-7H3. The van der Waals surface area contributed by atoms with Gasteiger partial charge < -0.3 is 19.1 Å². The monoisotopic (exact) mass is 464 g/mol. The van der Waals surface area contributed by atoms with E-state index in [1.54, 1.807) is 19.1 Å². The van der Waals surface area contributed by atoms with E-state index in [4.69, 9.17) is 19.3 Å². The van der Waals surface area contributed by atoms with Crippen molar-refractivity contribution >= 4 is 6.09 Å². The molecule has 0 aromatic carbocycles. The number of hydrogen-bond donors (Lipinski definition) is 0. The summed E-state index contributed by atoms with van der Waals surface area (Å²) in [6.45, 7) is 13.2. The SMILES string of the molecule is COCC1(C)CCC(c2c(CN(C)CCN(C)C(=O)OC(C)(C)C)nn3c2COCC3)CC1. The molecule has 1 saturated carbocycles. The molecule has 8 heteroatoms. The van der Waals surface area contributed by atoms with Gasteiger partial charge in [-0.05, 0) is 64.8 Å². The van der Waals surface area contributed by atoms with Crippen molar-refractivity contribution in [2.45, 2.75) is 84.6 Å². The Morgan fingerprint density at radius 3 is 2.58 bits per heavy atom. The Morgan fingerprint density at radius 2 is 1.94 bits per heavy atom. The molecule has 2 aliphatic rings. The van der Waals surface area contributed by atoms with E-state index in [-0.39, 0.29) is 11.5 Å². The summed E-state index contributed by atoms with van der Waals surface area (Å²) >= 11 is 0. The number of aromatic nitrogens is 2. The highest BCUT2D eigenvalue weighted by atomic mass is 16.6. The molecule has 33 heavy (non-hydrogen) atoms. The number of methoxy groups -OCH3 is 1. The van der Waals surface area contributed by atoms with Gasteiger partial charge in [0, 0.05) is 39.4 Å². The summed E-state index contributed by atoms with van der Waals surface area (Å²) in [6, 6.07) is 0. The Kier molecular flexibility index (Phi) is 8.45. The number of fused-ring (bicyclic) bond motifs is 1. The van der Waals surface area contributed by atoms with Gasteiger partial charge in [-0.3, -0.25) is 9.58 Å². The van der Waals surface area contributed by atoms with Gasteiger partial charge in [0.25, 0.3) is 0 Å². The fourth-order valence-corrected chi connectivity index (χ4v) is 4.99. The molecule has 0 spiro atoms. The summed E-state index contributed by atoms with van der Waals surface area (Å²) in [5.41, 5.74) is 3.62. The molecule has 0 bridgehead atoms. The second-order valence-corrected chi connectivity index (χ2v) is 11.2. The van der Waals surface area contributed by atoms with E-state index in [0.29, 0.717) is 19.1 Å². The molecule has 8 nitrogen and oxygen atoms in total. The Labute approximate surface area is 199 Å². The largest absolute Gasteiger partial charge is 0.444 e. The Morgan fingerprint density at radius 1 is 1.24 bits per heavy atom. The van der Waals surface area contributed by atoms with Crippen LogP contribution in [0.1, 0.15) is 76.2 Å². The van der Waals surface area contributed by atoms with Crippen LogP contribution in [0, 0.1) is 5.41 Å². The van der Waals surface area contributed by atoms with Crippen molar-refractivity contribution in [1.82, 2.24) is 19.6 Å².